The predicted octanol–water partition coefficient (Wildman–Crippen LogP) is 7.72. The zero-order chi connectivity index (χ0) is 28.6. The van der Waals surface area contributed by atoms with E-state index in [1.807, 2.05) is 6.58 Å². The summed E-state index contributed by atoms with van der Waals surface area (Å²) in [5.41, 5.74) is 2.80. The maximum absolute atomic E-state index is 13.1. The first-order valence-electron chi connectivity index (χ1n) is 9.99. The molecule has 0 saturated heterocycles. The van der Waals surface area contributed by atoms with Crippen molar-refractivity contribution in [3.8, 4) is 11.1 Å². The van der Waals surface area contributed by atoms with Crippen LogP contribution in [0.4, 0.5) is 52.7 Å². The molecular formula is C23H16F12O2. The van der Waals surface area contributed by atoms with Gasteiger partial charge in [-0.15, -0.1) is 0 Å². The molecule has 204 valence electrons. The van der Waals surface area contributed by atoms with Crippen molar-refractivity contribution in [1.82, 2.24) is 0 Å². The highest BCUT2D eigenvalue weighted by atomic mass is 19.4. The van der Waals surface area contributed by atoms with E-state index < -0.39 is 54.0 Å². The molecule has 1 atom stereocenters. The number of fused-ring (bicyclic) bond motifs is 3. The summed E-state index contributed by atoms with van der Waals surface area (Å²) in [5, 5.41) is 8.04. The first kappa shape index (κ1) is 30.0. The molecule has 0 aliphatic heterocycles. The van der Waals surface area contributed by atoms with Crippen LogP contribution in [0.2, 0.25) is 0 Å². The lowest BCUT2D eigenvalue weighted by Gasteiger charge is -2.37. The second-order valence-electron chi connectivity index (χ2n) is 7.91. The van der Waals surface area contributed by atoms with Gasteiger partial charge in [0.05, 0.1) is 6.42 Å². The van der Waals surface area contributed by atoms with Crippen molar-refractivity contribution in [2.45, 2.75) is 48.9 Å². The number of halogens is 12. The monoisotopic (exact) mass is 552 g/mol. The van der Waals surface area contributed by atoms with Gasteiger partial charge in [-0.3, -0.25) is 0 Å². The van der Waals surface area contributed by atoms with E-state index in [0.717, 1.165) is 6.42 Å². The highest BCUT2D eigenvalue weighted by Crippen LogP contribution is 2.56. The normalized spacial score (nSPS) is 14.7. The van der Waals surface area contributed by atoms with Gasteiger partial charge in [0.2, 0.25) is 0 Å². The molecule has 14 heteroatoms. The Morgan fingerprint density at radius 2 is 1.19 bits per heavy atom. The second kappa shape index (κ2) is 9.93. The highest BCUT2D eigenvalue weighted by molar-refractivity contribution is 5.88. The summed E-state index contributed by atoms with van der Waals surface area (Å²) in [5.74, 6) is -31.1. The average Bonchev–Trinajstić information content (AvgIpc) is 3.16. The molecule has 0 spiro atoms. The maximum atomic E-state index is 13.1. The molecule has 0 fully saturated rings. The summed E-state index contributed by atoms with van der Waals surface area (Å²) in [6.07, 6.45) is -13.1. The number of carbonyl (C=O) groups is 1. The lowest BCUT2D eigenvalue weighted by Crippen LogP contribution is -2.65. The van der Waals surface area contributed by atoms with Crippen LogP contribution in [0.5, 0.6) is 0 Å². The van der Waals surface area contributed by atoms with E-state index in [0.29, 0.717) is 0 Å². The standard InChI is InChI=1S/C13H10.C10H6F12O2/c1-3-7-12-10(5-1)9-11-6-2-4-8-13(11)12;1-3(5(23)24)7(15,16)9(19,20)10(21,22)8(17,18)4(11)2-6(12,13)14/h1-8H,9H2;4H,1-2H2,(H,23,24). The van der Waals surface area contributed by atoms with Crippen molar-refractivity contribution in [1.29, 1.82) is 0 Å². The fourth-order valence-corrected chi connectivity index (χ4v) is 3.34. The van der Waals surface area contributed by atoms with Crippen LogP contribution in [0.1, 0.15) is 17.5 Å². The summed E-state index contributed by atoms with van der Waals surface area (Å²) >= 11 is 0. The molecule has 0 radical (unpaired) electrons. The molecule has 0 heterocycles. The van der Waals surface area contributed by atoms with Crippen molar-refractivity contribution in [3.63, 3.8) is 0 Å². The Bertz CT molecular complexity index is 1110. The minimum absolute atomic E-state index is 1.10. The predicted molar refractivity (Wildman–Crippen MR) is 107 cm³/mol. The molecule has 1 aliphatic rings. The van der Waals surface area contributed by atoms with Crippen LogP contribution in [0.15, 0.2) is 60.7 Å². The van der Waals surface area contributed by atoms with Crippen molar-refractivity contribution in [3.05, 3.63) is 71.8 Å². The van der Waals surface area contributed by atoms with Crippen LogP contribution in [-0.4, -0.2) is 47.1 Å². The van der Waals surface area contributed by atoms with Crippen molar-refractivity contribution in [2.24, 2.45) is 0 Å². The third-order valence-electron chi connectivity index (χ3n) is 5.35. The molecule has 2 aromatic rings. The molecule has 1 aliphatic carbocycles. The molecule has 1 unspecified atom stereocenters. The lowest BCUT2D eigenvalue weighted by atomic mass is 9.91. The van der Waals surface area contributed by atoms with Crippen LogP contribution < -0.4 is 0 Å². The molecule has 2 aromatic carbocycles. The molecule has 0 aromatic heterocycles. The van der Waals surface area contributed by atoms with E-state index in [1.54, 1.807) is 0 Å². The number of carboxylic acid groups (broad SMARTS) is 1. The number of alkyl halides is 12. The fraction of sp³-hybridized carbons (Fsp3) is 0.348. The summed E-state index contributed by atoms with van der Waals surface area (Å²) in [6.45, 7) is 1.81. The minimum Gasteiger partial charge on any atom is -0.478 e. The number of aliphatic carboxylic acids is 1. The SMILES string of the molecule is C=C(C(=O)O)C(F)(F)C(F)(F)C(F)(F)C(F)(F)C(F)CC(F)(F)F.c1ccc2c(c1)Cc1ccccc1-2. The fourth-order valence-electron chi connectivity index (χ4n) is 3.34. The highest BCUT2D eigenvalue weighted by Gasteiger charge is 2.83. The van der Waals surface area contributed by atoms with Gasteiger partial charge in [-0.25, -0.2) is 9.18 Å². The van der Waals surface area contributed by atoms with E-state index >= 15 is 0 Å². The Morgan fingerprint density at radius 1 is 0.784 bits per heavy atom. The molecular weight excluding hydrogens is 536 g/mol. The Morgan fingerprint density at radius 3 is 1.57 bits per heavy atom. The molecule has 1 N–H and O–H groups in total. The zero-order valence-electron chi connectivity index (χ0n) is 18.2. The molecule has 37 heavy (non-hydrogen) atoms. The number of hydrogen-bond donors (Lipinski definition) is 1. The van der Waals surface area contributed by atoms with E-state index in [4.69, 9.17) is 5.11 Å². The Balaban J connectivity index is 0.000000303. The summed E-state index contributed by atoms with van der Waals surface area (Å²) < 4.78 is 153. The van der Waals surface area contributed by atoms with Gasteiger partial charge in [0.1, 0.15) is 5.57 Å². The summed E-state index contributed by atoms with van der Waals surface area (Å²) in [7, 11) is 0. The topological polar surface area (TPSA) is 37.3 Å². The minimum atomic E-state index is -7.38. The van der Waals surface area contributed by atoms with Gasteiger partial charge in [-0.05, 0) is 28.7 Å². The van der Waals surface area contributed by atoms with Crippen LogP contribution in [0, 0.1) is 0 Å². The third kappa shape index (κ3) is 5.57. The van der Waals surface area contributed by atoms with Crippen LogP contribution in [0.3, 0.4) is 0 Å². The van der Waals surface area contributed by atoms with Crippen LogP contribution in [-0.2, 0) is 11.2 Å². The lowest BCUT2D eigenvalue weighted by molar-refractivity contribution is -0.370. The van der Waals surface area contributed by atoms with E-state index in [-0.39, 0.29) is 0 Å². The Labute approximate surface area is 201 Å². The molecule has 0 bridgehead atoms. The van der Waals surface area contributed by atoms with Gasteiger partial charge in [0.25, 0.3) is 0 Å². The average molecular weight is 552 g/mol. The quantitative estimate of drug-likeness (QED) is 0.241. The number of hydrogen-bond acceptors (Lipinski definition) is 1. The van der Waals surface area contributed by atoms with Crippen LogP contribution in [0.25, 0.3) is 11.1 Å². The molecule has 0 saturated carbocycles. The van der Waals surface area contributed by atoms with Gasteiger partial charge in [-0.2, -0.15) is 48.3 Å². The maximum Gasteiger partial charge on any atom is 0.392 e. The zero-order valence-corrected chi connectivity index (χ0v) is 18.2. The largest absolute Gasteiger partial charge is 0.478 e. The number of benzene rings is 2. The van der Waals surface area contributed by atoms with Gasteiger partial charge < -0.3 is 5.11 Å². The van der Waals surface area contributed by atoms with Gasteiger partial charge >= 0.3 is 35.8 Å². The van der Waals surface area contributed by atoms with E-state index in [1.165, 1.54) is 22.3 Å². The third-order valence-corrected chi connectivity index (χ3v) is 5.35. The molecule has 2 nitrogen and oxygen atoms in total. The smallest absolute Gasteiger partial charge is 0.392 e. The Kier molecular flexibility index (Phi) is 8.06. The van der Waals surface area contributed by atoms with E-state index in [2.05, 4.69) is 48.5 Å². The summed E-state index contributed by atoms with van der Waals surface area (Å²) in [4.78, 5) is 10.1. The van der Waals surface area contributed by atoms with Gasteiger partial charge in [0, 0.05) is 0 Å². The first-order valence-corrected chi connectivity index (χ1v) is 9.99. The number of rotatable bonds is 7. The summed E-state index contributed by atoms with van der Waals surface area (Å²) in [6, 6.07) is 17.3. The van der Waals surface area contributed by atoms with Crippen molar-refractivity contribution < 1.29 is 62.6 Å². The van der Waals surface area contributed by atoms with Crippen molar-refractivity contribution >= 4 is 5.97 Å². The Hall–Kier alpha value is -3.19. The first-order chi connectivity index (χ1) is 16.7. The van der Waals surface area contributed by atoms with Crippen molar-refractivity contribution in [2.75, 3.05) is 0 Å². The molecule has 0 amide bonds. The van der Waals surface area contributed by atoms with Gasteiger partial charge in [-0.1, -0.05) is 55.1 Å². The van der Waals surface area contributed by atoms with Crippen LogP contribution >= 0.6 is 0 Å². The second-order valence-corrected chi connectivity index (χ2v) is 7.91. The van der Waals surface area contributed by atoms with E-state index in [9.17, 15) is 57.5 Å². The molecule has 3 rings (SSSR count). The number of carboxylic acids is 1. The van der Waals surface area contributed by atoms with Gasteiger partial charge in [0.15, 0.2) is 6.17 Å².